The Bertz CT molecular complexity index is 404. The summed E-state index contributed by atoms with van der Waals surface area (Å²) in [6.45, 7) is 2.06. The molecule has 0 saturated heterocycles. The van der Waals surface area contributed by atoms with E-state index in [-0.39, 0.29) is 30.6 Å². The Kier molecular flexibility index (Phi) is 6.72. The Labute approximate surface area is 109 Å². The van der Waals surface area contributed by atoms with Crippen LogP contribution in [0.3, 0.4) is 0 Å². The third kappa shape index (κ3) is 4.54. The zero-order chi connectivity index (χ0) is 13.0. The number of benzene rings is 1. The lowest BCUT2D eigenvalue weighted by Crippen LogP contribution is -2.29. The molecule has 102 valence electrons. The topological polar surface area (TPSA) is 55.1 Å². The van der Waals surface area contributed by atoms with Gasteiger partial charge < -0.3 is 11.1 Å². The summed E-state index contributed by atoms with van der Waals surface area (Å²) in [5, 5.41) is 2.43. The van der Waals surface area contributed by atoms with Crippen LogP contribution >= 0.6 is 12.4 Å². The number of hydrogen-bond acceptors (Lipinski definition) is 2. The van der Waals surface area contributed by atoms with Crippen LogP contribution in [0.4, 0.5) is 13.2 Å². The molecule has 1 aromatic rings. The SMILES string of the molecule is CC(N)CCNC(=O)c1cc(F)c(F)c(F)c1.Cl. The minimum atomic E-state index is -1.59. The lowest BCUT2D eigenvalue weighted by atomic mass is 10.2. The van der Waals surface area contributed by atoms with Crippen LogP contribution in [0.25, 0.3) is 0 Å². The van der Waals surface area contributed by atoms with E-state index in [1.807, 2.05) is 0 Å². The zero-order valence-electron chi connectivity index (χ0n) is 9.67. The smallest absolute Gasteiger partial charge is 0.251 e. The summed E-state index contributed by atoms with van der Waals surface area (Å²) in [4.78, 5) is 11.4. The van der Waals surface area contributed by atoms with E-state index in [0.29, 0.717) is 18.6 Å². The molecule has 0 aliphatic heterocycles. The van der Waals surface area contributed by atoms with E-state index in [2.05, 4.69) is 5.32 Å². The summed E-state index contributed by atoms with van der Waals surface area (Å²) in [5.74, 6) is -5.02. The second-order valence-electron chi connectivity index (χ2n) is 3.78. The number of nitrogens with one attached hydrogen (secondary N) is 1. The van der Waals surface area contributed by atoms with Crippen molar-refractivity contribution in [2.24, 2.45) is 5.73 Å². The standard InChI is InChI=1S/C11H13F3N2O.ClH/c1-6(15)2-3-16-11(17)7-4-8(12)10(14)9(13)5-7;/h4-6H,2-3,15H2,1H3,(H,16,17);1H. The number of amides is 1. The maximum absolute atomic E-state index is 12.8. The van der Waals surface area contributed by atoms with E-state index < -0.39 is 23.4 Å². The molecule has 0 aromatic heterocycles. The van der Waals surface area contributed by atoms with Gasteiger partial charge in [-0.15, -0.1) is 12.4 Å². The highest BCUT2D eigenvalue weighted by Crippen LogP contribution is 2.13. The Hall–Kier alpha value is -1.27. The van der Waals surface area contributed by atoms with Crippen molar-refractivity contribution in [2.75, 3.05) is 6.54 Å². The van der Waals surface area contributed by atoms with Crippen molar-refractivity contribution in [3.63, 3.8) is 0 Å². The molecule has 7 heteroatoms. The minimum absolute atomic E-state index is 0. The zero-order valence-corrected chi connectivity index (χ0v) is 10.5. The van der Waals surface area contributed by atoms with Crippen molar-refractivity contribution in [3.8, 4) is 0 Å². The molecule has 0 aliphatic carbocycles. The minimum Gasteiger partial charge on any atom is -0.352 e. The van der Waals surface area contributed by atoms with E-state index in [4.69, 9.17) is 5.73 Å². The normalized spacial score (nSPS) is 11.6. The molecule has 3 nitrogen and oxygen atoms in total. The third-order valence-corrected chi connectivity index (χ3v) is 2.13. The first-order valence-electron chi connectivity index (χ1n) is 5.10. The first-order chi connectivity index (χ1) is 7.91. The Morgan fingerprint density at radius 3 is 2.28 bits per heavy atom. The molecule has 0 bridgehead atoms. The number of rotatable bonds is 4. The number of nitrogens with two attached hydrogens (primary N) is 1. The van der Waals surface area contributed by atoms with Gasteiger partial charge in [-0.05, 0) is 25.5 Å². The van der Waals surface area contributed by atoms with Gasteiger partial charge in [0.1, 0.15) is 0 Å². The largest absolute Gasteiger partial charge is 0.352 e. The molecular weight excluding hydrogens is 269 g/mol. The fraction of sp³-hybridized carbons (Fsp3) is 0.364. The van der Waals surface area contributed by atoms with E-state index in [0.717, 1.165) is 0 Å². The van der Waals surface area contributed by atoms with Crippen LogP contribution in [-0.2, 0) is 0 Å². The van der Waals surface area contributed by atoms with Crippen LogP contribution in [-0.4, -0.2) is 18.5 Å². The molecule has 1 rings (SSSR count). The van der Waals surface area contributed by atoms with Gasteiger partial charge in [-0.25, -0.2) is 13.2 Å². The molecule has 1 unspecified atom stereocenters. The fourth-order valence-electron chi connectivity index (χ4n) is 1.20. The maximum atomic E-state index is 12.8. The molecule has 0 spiro atoms. The van der Waals surface area contributed by atoms with E-state index in [9.17, 15) is 18.0 Å². The highest BCUT2D eigenvalue weighted by atomic mass is 35.5. The van der Waals surface area contributed by atoms with Gasteiger partial charge in [0.2, 0.25) is 0 Å². The fourth-order valence-corrected chi connectivity index (χ4v) is 1.20. The van der Waals surface area contributed by atoms with Crippen LogP contribution < -0.4 is 11.1 Å². The predicted molar refractivity (Wildman–Crippen MR) is 64.2 cm³/mol. The Balaban J connectivity index is 0.00000289. The first kappa shape index (κ1) is 16.7. The monoisotopic (exact) mass is 282 g/mol. The summed E-state index contributed by atoms with van der Waals surface area (Å²) in [6, 6.07) is 1.22. The quantitative estimate of drug-likeness (QED) is 0.830. The molecule has 3 N–H and O–H groups in total. The van der Waals surface area contributed by atoms with Crippen LogP contribution in [0.15, 0.2) is 12.1 Å². The lowest BCUT2D eigenvalue weighted by Gasteiger charge is -2.07. The Morgan fingerprint density at radius 1 is 1.33 bits per heavy atom. The molecular formula is C11H14ClF3N2O. The van der Waals surface area contributed by atoms with Gasteiger partial charge in [0, 0.05) is 18.2 Å². The van der Waals surface area contributed by atoms with Crippen LogP contribution in [0.2, 0.25) is 0 Å². The van der Waals surface area contributed by atoms with Crippen molar-refractivity contribution in [2.45, 2.75) is 19.4 Å². The molecule has 1 atom stereocenters. The molecule has 1 aromatic carbocycles. The first-order valence-corrected chi connectivity index (χ1v) is 5.10. The van der Waals surface area contributed by atoms with E-state index in [1.165, 1.54) is 0 Å². The van der Waals surface area contributed by atoms with Crippen LogP contribution in [0.1, 0.15) is 23.7 Å². The summed E-state index contributed by atoms with van der Waals surface area (Å²) in [6.07, 6.45) is 0.540. The van der Waals surface area contributed by atoms with Gasteiger partial charge in [-0.3, -0.25) is 4.79 Å². The second-order valence-corrected chi connectivity index (χ2v) is 3.78. The van der Waals surface area contributed by atoms with Crippen molar-refractivity contribution >= 4 is 18.3 Å². The van der Waals surface area contributed by atoms with Crippen molar-refractivity contribution < 1.29 is 18.0 Å². The maximum Gasteiger partial charge on any atom is 0.251 e. The average molecular weight is 283 g/mol. The number of halogens is 4. The van der Waals surface area contributed by atoms with E-state index >= 15 is 0 Å². The van der Waals surface area contributed by atoms with Gasteiger partial charge in [0.05, 0.1) is 0 Å². The van der Waals surface area contributed by atoms with Gasteiger partial charge in [0.15, 0.2) is 17.5 Å². The molecule has 1 amide bonds. The molecule has 18 heavy (non-hydrogen) atoms. The molecule has 0 heterocycles. The van der Waals surface area contributed by atoms with Crippen molar-refractivity contribution in [1.29, 1.82) is 0 Å². The third-order valence-electron chi connectivity index (χ3n) is 2.13. The van der Waals surface area contributed by atoms with Gasteiger partial charge in [-0.1, -0.05) is 0 Å². The van der Waals surface area contributed by atoms with Gasteiger partial charge >= 0.3 is 0 Å². The highest BCUT2D eigenvalue weighted by Gasteiger charge is 2.14. The van der Waals surface area contributed by atoms with Crippen molar-refractivity contribution in [1.82, 2.24) is 5.32 Å². The average Bonchev–Trinajstić information content (AvgIpc) is 2.24. The summed E-state index contributed by atoms with van der Waals surface area (Å²) in [7, 11) is 0. The summed E-state index contributed by atoms with van der Waals surface area (Å²) >= 11 is 0. The lowest BCUT2D eigenvalue weighted by molar-refractivity contribution is 0.0951. The number of hydrogen-bond donors (Lipinski definition) is 2. The number of carbonyl (C=O) groups is 1. The van der Waals surface area contributed by atoms with E-state index in [1.54, 1.807) is 6.92 Å². The summed E-state index contributed by atoms with van der Waals surface area (Å²) in [5.41, 5.74) is 5.21. The highest BCUT2D eigenvalue weighted by molar-refractivity contribution is 5.94. The number of carbonyl (C=O) groups excluding carboxylic acids is 1. The Morgan fingerprint density at radius 2 is 1.83 bits per heavy atom. The molecule has 0 fully saturated rings. The molecule has 0 aliphatic rings. The second kappa shape index (κ2) is 7.23. The van der Waals surface area contributed by atoms with Crippen LogP contribution in [0, 0.1) is 17.5 Å². The molecule has 0 radical (unpaired) electrons. The van der Waals surface area contributed by atoms with Gasteiger partial charge in [0.25, 0.3) is 5.91 Å². The van der Waals surface area contributed by atoms with Gasteiger partial charge in [-0.2, -0.15) is 0 Å². The molecule has 0 saturated carbocycles. The predicted octanol–water partition coefficient (Wildman–Crippen LogP) is 1.99. The van der Waals surface area contributed by atoms with Crippen LogP contribution in [0.5, 0.6) is 0 Å². The summed E-state index contributed by atoms with van der Waals surface area (Å²) < 4.78 is 38.3. The van der Waals surface area contributed by atoms with Crippen molar-refractivity contribution in [3.05, 3.63) is 35.1 Å².